The Labute approximate surface area is 98.5 Å². The molecule has 0 aromatic heterocycles. The van der Waals surface area contributed by atoms with E-state index in [0.29, 0.717) is 6.61 Å². The number of hydrogen-bond donors (Lipinski definition) is 0. The van der Waals surface area contributed by atoms with Crippen molar-refractivity contribution in [2.45, 2.75) is 45.4 Å². The molecule has 0 saturated carbocycles. The van der Waals surface area contributed by atoms with E-state index in [0.717, 1.165) is 19.4 Å². The summed E-state index contributed by atoms with van der Waals surface area (Å²) in [5.74, 6) is -0.173. The molecule has 0 aromatic rings. The Morgan fingerprint density at radius 3 is 2.75 bits per heavy atom. The smallest absolute Gasteiger partial charge is 0.302 e. The van der Waals surface area contributed by atoms with Gasteiger partial charge in [0.25, 0.3) is 0 Å². The number of likely N-dealkylation sites (tertiary alicyclic amines) is 1. The van der Waals surface area contributed by atoms with Gasteiger partial charge in [-0.1, -0.05) is 13.0 Å². The van der Waals surface area contributed by atoms with Gasteiger partial charge in [-0.2, -0.15) is 0 Å². The van der Waals surface area contributed by atoms with Crippen LogP contribution in [0.1, 0.15) is 45.4 Å². The average Bonchev–Trinajstić information content (AvgIpc) is 2.62. The molecular formula is C13H23NO2. The number of carbonyl (C=O) groups excluding carboxylic acids is 1. The lowest BCUT2D eigenvalue weighted by Crippen LogP contribution is -2.18. The summed E-state index contributed by atoms with van der Waals surface area (Å²) in [5.41, 5.74) is 1.31. The van der Waals surface area contributed by atoms with Crippen LogP contribution in [0.15, 0.2) is 12.3 Å². The summed E-state index contributed by atoms with van der Waals surface area (Å²) in [6.45, 7) is 8.42. The highest BCUT2D eigenvalue weighted by atomic mass is 16.5. The fourth-order valence-corrected chi connectivity index (χ4v) is 2.03. The maximum absolute atomic E-state index is 10.5. The summed E-state index contributed by atoms with van der Waals surface area (Å²) in [4.78, 5) is 12.9. The number of hydrogen-bond acceptors (Lipinski definition) is 3. The SMILES string of the molecule is C=C1CCCN1CCCCCCOC(C)=O. The zero-order valence-corrected chi connectivity index (χ0v) is 10.3. The zero-order valence-electron chi connectivity index (χ0n) is 10.3. The van der Waals surface area contributed by atoms with Crippen molar-refractivity contribution in [3.8, 4) is 0 Å². The normalized spacial score (nSPS) is 15.6. The van der Waals surface area contributed by atoms with Gasteiger partial charge in [-0.3, -0.25) is 4.79 Å². The Kier molecular flexibility index (Phi) is 5.98. The molecule has 0 unspecified atom stereocenters. The molecule has 1 rings (SSSR count). The third-order valence-corrected chi connectivity index (χ3v) is 2.97. The van der Waals surface area contributed by atoms with Crippen molar-refractivity contribution in [3.63, 3.8) is 0 Å². The highest BCUT2D eigenvalue weighted by Gasteiger charge is 2.13. The van der Waals surface area contributed by atoms with Gasteiger partial charge >= 0.3 is 5.97 Å². The van der Waals surface area contributed by atoms with Crippen LogP contribution in [0.4, 0.5) is 0 Å². The number of unbranched alkanes of at least 4 members (excludes halogenated alkanes) is 3. The van der Waals surface area contributed by atoms with Crippen molar-refractivity contribution in [1.82, 2.24) is 4.90 Å². The number of nitrogens with zero attached hydrogens (tertiary/aromatic N) is 1. The molecule has 0 atom stereocenters. The van der Waals surface area contributed by atoms with Gasteiger partial charge in [-0.05, 0) is 32.1 Å². The topological polar surface area (TPSA) is 29.5 Å². The van der Waals surface area contributed by atoms with Crippen LogP contribution in [0.2, 0.25) is 0 Å². The summed E-state index contributed by atoms with van der Waals surface area (Å²) in [6.07, 6.45) is 7.01. The Hall–Kier alpha value is -0.990. The van der Waals surface area contributed by atoms with Gasteiger partial charge in [-0.25, -0.2) is 0 Å². The van der Waals surface area contributed by atoms with Gasteiger partial charge in [0.05, 0.1) is 6.61 Å². The molecule has 3 nitrogen and oxygen atoms in total. The van der Waals surface area contributed by atoms with E-state index in [1.807, 2.05) is 0 Å². The summed E-state index contributed by atoms with van der Waals surface area (Å²) in [7, 11) is 0. The van der Waals surface area contributed by atoms with E-state index in [2.05, 4.69) is 11.5 Å². The molecule has 16 heavy (non-hydrogen) atoms. The zero-order chi connectivity index (χ0) is 11.8. The minimum Gasteiger partial charge on any atom is -0.466 e. The van der Waals surface area contributed by atoms with Gasteiger partial charge in [0, 0.05) is 25.7 Å². The van der Waals surface area contributed by atoms with Crippen molar-refractivity contribution >= 4 is 5.97 Å². The standard InChI is InChI=1S/C13H23NO2/c1-12-8-7-10-14(12)9-5-3-4-6-11-16-13(2)15/h1,3-11H2,2H3. The molecule has 0 bridgehead atoms. The molecule has 0 N–H and O–H groups in total. The minimum atomic E-state index is -0.173. The quantitative estimate of drug-likeness (QED) is 0.493. The van der Waals surface area contributed by atoms with E-state index in [9.17, 15) is 4.79 Å². The summed E-state index contributed by atoms with van der Waals surface area (Å²) < 4.78 is 4.88. The van der Waals surface area contributed by atoms with Crippen molar-refractivity contribution in [1.29, 1.82) is 0 Å². The number of ether oxygens (including phenoxy) is 1. The molecule has 0 aliphatic carbocycles. The molecular weight excluding hydrogens is 202 g/mol. The van der Waals surface area contributed by atoms with Crippen molar-refractivity contribution in [2.75, 3.05) is 19.7 Å². The lowest BCUT2D eigenvalue weighted by Gasteiger charge is -2.18. The van der Waals surface area contributed by atoms with Crippen LogP contribution in [0.3, 0.4) is 0 Å². The second-order valence-corrected chi connectivity index (χ2v) is 4.41. The highest BCUT2D eigenvalue weighted by Crippen LogP contribution is 2.19. The Morgan fingerprint density at radius 1 is 1.38 bits per heavy atom. The molecule has 3 heteroatoms. The summed E-state index contributed by atoms with van der Waals surface area (Å²) >= 11 is 0. The molecule has 0 amide bonds. The third kappa shape index (κ3) is 5.19. The second kappa shape index (κ2) is 7.31. The first-order valence-electron chi connectivity index (χ1n) is 6.26. The first-order valence-corrected chi connectivity index (χ1v) is 6.26. The van der Waals surface area contributed by atoms with Gasteiger partial charge in [0.1, 0.15) is 0 Å². The monoisotopic (exact) mass is 225 g/mol. The second-order valence-electron chi connectivity index (χ2n) is 4.41. The van der Waals surface area contributed by atoms with E-state index in [1.165, 1.54) is 44.8 Å². The molecule has 1 saturated heterocycles. The predicted octanol–water partition coefficient (Wildman–Crippen LogP) is 2.72. The average molecular weight is 225 g/mol. The molecule has 0 aromatic carbocycles. The van der Waals surface area contributed by atoms with Crippen LogP contribution in [0.5, 0.6) is 0 Å². The number of esters is 1. The highest BCUT2D eigenvalue weighted by molar-refractivity contribution is 5.65. The molecule has 1 aliphatic rings. The molecule has 1 heterocycles. The molecule has 1 aliphatic heterocycles. The van der Waals surface area contributed by atoms with Gasteiger partial charge < -0.3 is 9.64 Å². The molecule has 1 fully saturated rings. The third-order valence-electron chi connectivity index (χ3n) is 2.97. The first-order chi connectivity index (χ1) is 7.70. The summed E-state index contributed by atoms with van der Waals surface area (Å²) in [6, 6.07) is 0. The lowest BCUT2D eigenvalue weighted by atomic mass is 10.2. The Morgan fingerprint density at radius 2 is 2.12 bits per heavy atom. The van der Waals surface area contributed by atoms with E-state index in [1.54, 1.807) is 0 Å². The first kappa shape index (κ1) is 13.1. The van der Waals surface area contributed by atoms with Gasteiger partial charge in [0.2, 0.25) is 0 Å². The Bertz CT molecular complexity index is 238. The van der Waals surface area contributed by atoms with Crippen molar-refractivity contribution in [2.24, 2.45) is 0 Å². The lowest BCUT2D eigenvalue weighted by molar-refractivity contribution is -0.141. The van der Waals surface area contributed by atoms with E-state index >= 15 is 0 Å². The van der Waals surface area contributed by atoms with E-state index in [-0.39, 0.29) is 5.97 Å². The number of rotatable bonds is 7. The molecule has 0 spiro atoms. The van der Waals surface area contributed by atoms with E-state index in [4.69, 9.17) is 4.74 Å². The van der Waals surface area contributed by atoms with Crippen LogP contribution in [0, 0.1) is 0 Å². The van der Waals surface area contributed by atoms with Crippen LogP contribution in [-0.2, 0) is 9.53 Å². The Balaban J connectivity index is 1.88. The largest absolute Gasteiger partial charge is 0.466 e. The minimum absolute atomic E-state index is 0.173. The maximum Gasteiger partial charge on any atom is 0.302 e. The van der Waals surface area contributed by atoms with Gasteiger partial charge in [-0.15, -0.1) is 0 Å². The van der Waals surface area contributed by atoms with Crippen LogP contribution in [0.25, 0.3) is 0 Å². The fraction of sp³-hybridized carbons (Fsp3) is 0.769. The molecule has 92 valence electrons. The van der Waals surface area contributed by atoms with Crippen LogP contribution in [-0.4, -0.2) is 30.6 Å². The van der Waals surface area contributed by atoms with E-state index < -0.39 is 0 Å². The van der Waals surface area contributed by atoms with Crippen molar-refractivity contribution in [3.05, 3.63) is 12.3 Å². The van der Waals surface area contributed by atoms with Crippen LogP contribution >= 0.6 is 0 Å². The van der Waals surface area contributed by atoms with Crippen molar-refractivity contribution < 1.29 is 9.53 Å². The maximum atomic E-state index is 10.5. The van der Waals surface area contributed by atoms with Crippen LogP contribution < -0.4 is 0 Å². The fourth-order valence-electron chi connectivity index (χ4n) is 2.03. The number of allylic oxidation sites excluding steroid dienone is 1. The van der Waals surface area contributed by atoms with Gasteiger partial charge in [0.15, 0.2) is 0 Å². The molecule has 0 radical (unpaired) electrons. The number of carbonyl (C=O) groups is 1. The predicted molar refractivity (Wildman–Crippen MR) is 65.0 cm³/mol. The summed E-state index contributed by atoms with van der Waals surface area (Å²) in [5, 5.41) is 0.